The quantitative estimate of drug-likeness (QED) is 0.160. The van der Waals surface area contributed by atoms with Crippen LogP contribution in [-0.4, -0.2) is 73.9 Å². The van der Waals surface area contributed by atoms with Crippen molar-refractivity contribution in [1.29, 1.82) is 0 Å². The van der Waals surface area contributed by atoms with Gasteiger partial charge in [-0.2, -0.15) is 0 Å². The van der Waals surface area contributed by atoms with Gasteiger partial charge >= 0.3 is 23.1 Å². The van der Waals surface area contributed by atoms with Crippen molar-refractivity contribution in [3.63, 3.8) is 0 Å². The van der Waals surface area contributed by atoms with Crippen LogP contribution in [0.15, 0.2) is 59.0 Å². The van der Waals surface area contributed by atoms with Crippen LogP contribution < -0.4 is 22.2 Å². The van der Waals surface area contributed by atoms with Gasteiger partial charge in [0.15, 0.2) is 0 Å². The van der Waals surface area contributed by atoms with Crippen molar-refractivity contribution < 1.29 is 55.3 Å². The first kappa shape index (κ1) is 32.8. The van der Waals surface area contributed by atoms with Crippen LogP contribution in [0.5, 0.6) is 0 Å². The molecule has 0 saturated carbocycles. The molecule has 0 unspecified atom stereocenters. The molecule has 2 saturated heterocycles. The number of rotatable bonds is 7. The number of carbonyl (C=O) groups is 6. The Bertz CT molecular complexity index is 1910. The van der Waals surface area contributed by atoms with Gasteiger partial charge in [-0.05, 0) is 48.0 Å². The summed E-state index contributed by atoms with van der Waals surface area (Å²) in [6.07, 6.45) is -0.331. The predicted molar refractivity (Wildman–Crippen MR) is 165 cm³/mol. The molecule has 242 valence electrons. The summed E-state index contributed by atoms with van der Waals surface area (Å²) >= 11 is 0. The Labute approximate surface area is 274 Å². The van der Waals surface area contributed by atoms with Gasteiger partial charge in [0.2, 0.25) is 0 Å². The minimum Gasteiger partial charge on any atom is -1.00 e. The lowest BCUT2D eigenvalue weighted by Gasteiger charge is -2.18. The van der Waals surface area contributed by atoms with E-state index in [4.69, 9.17) is 14.1 Å². The van der Waals surface area contributed by atoms with Gasteiger partial charge in [-0.25, -0.2) is 14.0 Å². The van der Waals surface area contributed by atoms with Crippen molar-refractivity contribution in [3.05, 3.63) is 65.7 Å². The molecule has 1 aromatic heterocycles. The summed E-state index contributed by atoms with van der Waals surface area (Å²) in [5.74, 6) is -4.61. The summed E-state index contributed by atoms with van der Waals surface area (Å²) in [6.45, 7) is 0. The van der Waals surface area contributed by atoms with Crippen LogP contribution in [0.1, 0.15) is 46.4 Å². The average molecular weight is 661 g/mol. The summed E-state index contributed by atoms with van der Waals surface area (Å²) in [5, 5.41) is 2.04. The van der Waals surface area contributed by atoms with Crippen LogP contribution in [0.4, 0.5) is 11.4 Å². The summed E-state index contributed by atoms with van der Waals surface area (Å²) in [4.78, 5) is 90.0. The Kier molecular flexibility index (Phi) is 8.85. The Morgan fingerprint density at radius 2 is 1.09 bits per heavy atom. The number of hydrogen-bond acceptors (Lipinski definition) is 10. The van der Waals surface area contributed by atoms with Crippen molar-refractivity contribution in [2.75, 3.05) is 38.0 Å². The van der Waals surface area contributed by atoms with Gasteiger partial charge in [-0.3, -0.25) is 19.2 Å². The molecule has 0 N–H and O–H groups in total. The smallest absolute Gasteiger partial charge is 0.364 e. The van der Waals surface area contributed by atoms with Gasteiger partial charge in [-0.15, -0.1) is 10.1 Å². The molecule has 4 aromatic rings. The molecule has 2 aliphatic heterocycles. The number of benzene rings is 3. The lowest BCUT2D eigenvalue weighted by molar-refractivity contribution is -0.173. The highest BCUT2D eigenvalue weighted by Crippen LogP contribution is 2.41. The minimum absolute atomic E-state index is 0. The molecule has 47 heavy (non-hydrogen) atoms. The molecule has 2 aliphatic rings. The molecule has 4 amide bonds. The van der Waals surface area contributed by atoms with E-state index in [-0.39, 0.29) is 54.8 Å². The van der Waals surface area contributed by atoms with Gasteiger partial charge in [0.05, 0.1) is 34.0 Å². The second kappa shape index (κ2) is 12.7. The molecule has 2 fully saturated rings. The summed E-state index contributed by atoms with van der Waals surface area (Å²) in [7, 11) is 7.53. The molecular weight excluding hydrogens is 632 g/mol. The SMILES string of the molecule is CN(C)c1ccc2c(-c3cc(C(=O)ON4C(=O)CCC4=O)ccc3C(=O)ON3C(=O)CCC3=O)c3ccc(N(C)C)cc3[o+]c2c1.[Cl-]. The molecule has 0 radical (unpaired) electrons. The van der Waals surface area contributed by atoms with Crippen LogP contribution >= 0.6 is 0 Å². The molecule has 0 bridgehead atoms. The van der Waals surface area contributed by atoms with Gasteiger partial charge in [0.1, 0.15) is 0 Å². The first-order chi connectivity index (χ1) is 21.9. The third-order valence-corrected chi connectivity index (χ3v) is 7.83. The van der Waals surface area contributed by atoms with Crippen molar-refractivity contribution >= 4 is 68.9 Å². The third-order valence-electron chi connectivity index (χ3n) is 7.83. The van der Waals surface area contributed by atoms with Crippen LogP contribution in [-0.2, 0) is 28.9 Å². The average Bonchev–Trinajstić information content (AvgIpc) is 3.52. The van der Waals surface area contributed by atoms with E-state index < -0.39 is 35.6 Å². The molecule has 14 heteroatoms. The van der Waals surface area contributed by atoms with E-state index in [1.807, 2.05) is 74.4 Å². The summed E-state index contributed by atoms with van der Waals surface area (Å²) in [5.41, 5.74) is 3.15. The fourth-order valence-electron chi connectivity index (χ4n) is 5.35. The number of hydrogen-bond donors (Lipinski definition) is 0. The maximum atomic E-state index is 13.7. The van der Waals surface area contributed by atoms with Crippen molar-refractivity contribution in [2.24, 2.45) is 0 Å². The number of carbonyl (C=O) groups excluding carboxylic acids is 6. The minimum atomic E-state index is -1.01. The number of fused-ring (bicyclic) bond motifs is 2. The molecule has 0 atom stereocenters. The van der Waals surface area contributed by atoms with Crippen LogP contribution in [0, 0.1) is 0 Å². The van der Waals surface area contributed by atoms with E-state index in [1.54, 1.807) is 0 Å². The van der Waals surface area contributed by atoms with E-state index in [1.165, 1.54) is 18.2 Å². The van der Waals surface area contributed by atoms with E-state index in [9.17, 15) is 28.8 Å². The van der Waals surface area contributed by atoms with Gasteiger partial charge < -0.3 is 31.9 Å². The number of amides is 4. The highest BCUT2D eigenvalue weighted by atomic mass is 35.5. The maximum absolute atomic E-state index is 13.7. The second-order valence-corrected chi connectivity index (χ2v) is 11.3. The van der Waals surface area contributed by atoms with Gasteiger partial charge in [-0.1, -0.05) is 0 Å². The number of anilines is 2. The number of halogens is 1. The molecule has 13 nitrogen and oxygen atoms in total. The third kappa shape index (κ3) is 6.04. The fraction of sp³-hybridized carbons (Fsp3) is 0.242. The van der Waals surface area contributed by atoms with Crippen molar-refractivity contribution in [3.8, 4) is 11.1 Å². The Morgan fingerprint density at radius 3 is 1.53 bits per heavy atom. The largest absolute Gasteiger partial charge is 1.00 e. The van der Waals surface area contributed by atoms with Crippen molar-refractivity contribution in [1.82, 2.24) is 10.1 Å². The normalized spacial score (nSPS) is 14.6. The molecule has 3 aromatic carbocycles. The number of nitrogens with zero attached hydrogens (tertiary/aromatic N) is 4. The molecular formula is C33H29ClN4O9. The molecule has 3 heterocycles. The molecule has 0 aliphatic carbocycles. The van der Waals surface area contributed by atoms with Crippen LogP contribution in [0.25, 0.3) is 33.1 Å². The standard InChI is InChI=1S/C33H29N4O9.ClH/c1-34(2)19-6-9-22-25(16-19)44-26-17-20(35(3)4)7-10-23(26)31(22)24-15-18(32(42)45-36-27(38)11-12-28(36)39)5-8-21(24)33(43)46-37-29(40)13-14-30(37)41;/h5-10,15-17H,11-14H2,1-4H3;1H/q+1;/p-1. The first-order valence-corrected chi connectivity index (χ1v) is 14.4. The molecule has 6 rings (SSSR count). The zero-order chi connectivity index (χ0) is 32.9. The van der Waals surface area contributed by atoms with E-state index in [0.29, 0.717) is 37.6 Å². The highest BCUT2D eigenvalue weighted by Gasteiger charge is 2.36. The summed E-state index contributed by atoms with van der Waals surface area (Å²) < 4.78 is 6.38. The van der Waals surface area contributed by atoms with E-state index in [2.05, 4.69) is 0 Å². The lowest BCUT2D eigenvalue weighted by Crippen LogP contribution is -3.00. The summed E-state index contributed by atoms with van der Waals surface area (Å²) in [6, 6.07) is 15.0. The predicted octanol–water partition coefficient (Wildman–Crippen LogP) is 1.11. The molecule has 0 spiro atoms. The maximum Gasteiger partial charge on any atom is 0.364 e. The Morgan fingerprint density at radius 1 is 0.638 bits per heavy atom. The second-order valence-electron chi connectivity index (χ2n) is 11.3. The zero-order valence-corrected chi connectivity index (χ0v) is 26.6. The zero-order valence-electron chi connectivity index (χ0n) is 25.9. The van der Waals surface area contributed by atoms with E-state index in [0.717, 1.165) is 11.4 Å². The topological polar surface area (TPSA) is 145 Å². The first-order valence-electron chi connectivity index (χ1n) is 14.4. The lowest BCUT2D eigenvalue weighted by atomic mass is 9.91. The highest BCUT2D eigenvalue weighted by molar-refractivity contribution is 6.14. The van der Waals surface area contributed by atoms with Gasteiger partial charge in [0, 0.05) is 70.8 Å². The Balaban J connectivity index is 0.00000433. The fourth-order valence-corrected chi connectivity index (χ4v) is 5.35. The van der Waals surface area contributed by atoms with Crippen molar-refractivity contribution in [2.45, 2.75) is 25.7 Å². The van der Waals surface area contributed by atoms with Crippen LogP contribution in [0.2, 0.25) is 0 Å². The van der Waals surface area contributed by atoms with E-state index >= 15 is 0 Å². The van der Waals surface area contributed by atoms with Crippen LogP contribution in [0.3, 0.4) is 0 Å². The Hall–Kier alpha value is -5.56. The monoisotopic (exact) mass is 660 g/mol. The van der Waals surface area contributed by atoms with Gasteiger partial charge in [0.25, 0.3) is 23.6 Å². The number of hydroxylamine groups is 4. The number of imide groups is 2.